The van der Waals surface area contributed by atoms with Gasteiger partial charge in [0.1, 0.15) is 12.4 Å². The highest BCUT2D eigenvalue weighted by Gasteiger charge is 2.12. The van der Waals surface area contributed by atoms with Crippen LogP contribution in [0.5, 0.6) is 5.75 Å². The van der Waals surface area contributed by atoms with E-state index in [1.165, 1.54) is 0 Å². The fraction of sp³-hybridized carbons (Fsp3) is 0.278. The van der Waals surface area contributed by atoms with E-state index in [1.807, 2.05) is 43.3 Å². The lowest BCUT2D eigenvalue weighted by Crippen LogP contribution is -2.29. The van der Waals surface area contributed by atoms with Crippen molar-refractivity contribution in [1.29, 1.82) is 0 Å². The van der Waals surface area contributed by atoms with Crippen molar-refractivity contribution >= 4 is 34.2 Å². The van der Waals surface area contributed by atoms with Crippen LogP contribution in [0.25, 0.3) is 0 Å². The van der Waals surface area contributed by atoms with Gasteiger partial charge in [-0.1, -0.05) is 40.2 Å². The highest BCUT2D eigenvalue weighted by molar-refractivity contribution is 9.10. The van der Waals surface area contributed by atoms with E-state index >= 15 is 0 Å². The zero-order valence-corrected chi connectivity index (χ0v) is 15.9. The molecule has 3 N–H and O–H groups in total. The molecule has 0 aliphatic rings. The molecule has 0 saturated carbocycles. The van der Waals surface area contributed by atoms with Crippen molar-refractivity contribution in [2.75, 3.05) is 6.54 Å². The Hall–Kier alpha value is -1.56. The second-order valence-electron chi connectivity index (χ2n) is 5.43. The van der Waals surface area contributed by atoms with Gasteiger partial charge in [-0.05, 0) is 43.2 Å². The minimum atomic E-state index is -0.142. The number of nitrogens with two attached hydrogens (primary N) is 1. The molecule has 2 aromatic carbocycles. The van der Waals surface area contributed by atoms with Crippen LogP contribution in [0.4, 0.5) is 0 Å². The maximum absolute atomic E-state index is 12.3. The summed E-state index contributed by atoms with van der Waals surface area (Å²) in [6, 6.07) is 15.2. The first kappa shape index (κ1) is 20.5. The van der Waals surface area contributed by atoms with Crippen LogP contribution in [0.15, 0.2) is 53.0 Å². The maximum Gasteiger partial charge on any atom is 0.255 e. The summed E-state index contributed by atoms with van der Waals surface area (Å²) < 4.78 is 6.83. The monoisotopic (exact) mass is 412 g/mol. The fourth-order valence-electron chi connectivity index (χ4n) is 2.03. The Morgan fingerprint density at radius 3 is 2.54 bits per heavy atom. The van der Waals surface area contributed by atoms with E-state index in [2.05, 4.69) is 21.2 Å². The number of para-hydroxylation sites is 1. The molecule has 130 valence electrons. The largest absolute Gasteiger partial charge is 0.488 e. The average molecular weight is 414 g/mol. The number of rotatable bonds is 7. The third-order valence-corrected chi connectivity index (χ3v) is 3.85. The molecular formula is C18H22BrClN2O2. The van der Waals surface area contributed by atoms with Crippen LogP contribution in [0, 0.1) is 0 Å². The van der Waals surface area contributed by atoms with Crippen molar-refractivity contribution in [3.05, 3.63) is 64.1 Å². The SMILES string of the molecule is CC(N)CCNC(=O)c1ccccc1OCc1ccc(Br)cc1.Cl. The zero-order chi connectivity index (χ0) is 16.7. The molecule has 24 heavy (non-hydrogen) atoms. The molecule has 0 aliphatic heterocycles. The summed E-state index contributed by atoms with van der Waals surface area (Å²) in [7, 11) is 0. The van der Waals surface area contributed by atoms with Crippen LogP contribution in [-0.4, -0.2) is 18.5 Å². The van der Waals surface area contributed by atoms with E-state index in [0.29, 0.717) is 24.5 Å². The number of hydrogen-bond acceptors (Lipinski definition) is 3. The van der Waals surface area contributed by atoms with E-state index in [-0.39, 0.29) is 24.4 Å². The molecule has 1 unspecified atom stereocenters. The van der Waals surface area contributed by atoms with Crippen molar-refractivity contribution in [2.24, 2.45) is 5.73 Å². The summed E-state index contributed by atoms with van der Waals surface area (Å²) in [6.45, 7) is 2.89. The molecule has 0 aliphatic carbocycles. The van der Waals surface area contributed by atoms with Gasteiger partial charge in [0.15, 0.2) is 0 Å². The number of carbonyl (C=O) groups is 1. The third kappa shape index (κ3) is 6.51. The van der Waals surface area contributed by atoms with Gasteiger partial charge >= 0.3 is 0 Å². The standard InChI is InChI=1S/C18H21BrN2O2.ClH/c1-13(20)10-11-21-18(22)16-4-2-3-5-17(16)23-12-14-6-8-15(19)9-7-14;/h2-9,13H,10-12,20H2,1H3,(H,21,22);1H. The molecule has 0 saturated heterocycles. The second kappa shape index (κ2) is 10.3. The van der Waals surface area contributed by atoms with Crippen LogP contribution >= 0.6 is 28.3 Å². The van der Waals surface area contributed by atoms with Gasteiger partial charge in [0, 0.05) is 17.1 Å². The smallest absolute Gasteiger partial charge is 0.255 e. The number of ether oxygens (including phenoxy) is 1. The molecule has 0 heterocycles. The van der Waals surface area contributed by atoms with Gasteiger partial charge in [0.25, 0.3) is 5.91 Å². The van der Waals surface area contributed by atoms with E-state index in [1.54, 1.807) is 12.1 Å². The van der Waals surface area contributed by atoms with Crippen molar-refractivity contribution in [3.63, 3.8) is 0 Å². The maximum atomic E-state index is 12.3. The number of carbonyl (C=O) groups excluding carboxylic acids is 1. The first-order valence-corrected chi connectivity index (χ1v) is 8.35. The molecule has 1 atom stereocenters. The van der Waals surface area contributed by atoms with Crippen molar-refractivity contribution < 1.29 is 9.53 Å². The summed E-state index contributed by atoms with van der Waals surface area (Å²) in [5.74, 6) is 0.436. The van der Waals surface area contributed by atoms with E-state index < -0.39 is 0 Å². The molecule has 2 rings (SSSR count). The van der Waals surface area contributed by atoms with Gasteiger partial charge in [0.05, 0.1) is 5.56 Å². The van der Waals surface area contributed by atoms with Gasteiger partial charge in [-0.2, -0.15) is 0 Å². The van der Waals surface area contributed by atoms with Crippen LogP contribution in [0.3, 0.4) is 0 Å². The Kier molecular flexibility index (Phi) is 8.82. The second-order valence-corrected chi connectivity index (χ2v) is 6.35. The molecule has 2 aromatic rings. The van der Waals surface area contributed by atoms with Gasteiger partial charge in [-0.15, -0.1) is 12.4 Å². The molecule has 0 spiro atoms. The Morgan fingerprint density at radius 1 is 1.21 bits per heavy atom. The quantitative estimate of drug-likeness (QED) is 0.723. The zero-order valence-electron chi connectivity index (χ0n) is 13.5. The number of benzene rings is 2. The molecular weight excluding hydrogens is 392 g/mol. The summed E-state index contributed by atoms with van der Waals surface area (Å²) in [5, 5.41) is 2.87. The Balaban J connectivity index is 0.00000288. The normalized spacial score (nSPS) is 11.3. The van der Waals surface area contributed by atoms with E-state index in [9.17, 15) is 4.79 Å². The minimum absolute atomic E-state index is 0. The molecule has 0 fully saturated rings. The van der Waals surface area contributed by atoms with Gasteiger partial charge < -0.3 is 15.8 Å². The molecule has 0 radical (unpaired) electrons. The highest BCUT2D eigenvalue weighted by atomic mass is 79.9. The van der Waals surface area contributed by atoms with Crippen LogP contribution in [0.1, 0.15) is 29.3 Å². The average Bonchev–Trinajstić information content (AvgIpc) is 2.54. The molecule has 1 amide bonds. The number of nitrogens with one attached hydrogen (secondary N) is 1. The number of hydrogen-bond donors (Lipinski definition) is 2. The third-order valence-electron chi connectivity index (χ3n) is 3.32. The lowest BCUT2D eigenvalue weighted by molar-refractivity contribution is 0.0948. The Labute approximate surface area is 157 Å². The number of halogens is 2. The predicted octanol–water partition coefficient (Wildman–Crippen LogP) is 3.92. The van der Waals surface area contributed by atoms with Gasteiger partial charge in [-0.25, -0.2) is 0 Å². The Morgan fingerprint density at radius 2 is 1.88 bits per heavy atom. The number of amides is 1. The summed E-state index contributed by atoms with van der Waals surface area (Å²) >= 11 is 3.40. The van der Waals surface area contributed by atoms with Crippen molar-refractivity contribution in [2.45, 2.75) is 26.0 Å². The van der Waals surface area contributed by atoms with Crippen LogP contribution < -0.4 is 15.8 Å². The van der Waals surface area contributed by atoms with Gasteiger partial charge in [-0.3, -0.25) is 4.79 Å². The summed E-state index contributed by atoms with van der Waals surface area (Å²) in [6.07, 6.45) is 0.744. The van der Waals surface area contributed by atoms with E-state index in [4.69, 9.17) is 10.5 Å². The molecule has 6 heteroatoms. The minimum Gasteiger partial charge on any atom is -0.488 e. The first-order chi connectivity index (χ1) is 11.1. The Bertz CT molecular complexity index is 648. The molecule has 4 nitrogen and oxygen atoms in total. The lowest BCUT2D eigenvalue weighted by Gasteiger charge is -2.12. The van der Waals surface area contributed by atoms with Crippen molar-refractivity contribution in [3.8, 4) is 5.75 Å². The summed E-state index contributed by atoms with van der Waals surface area (Å²) in [4.78, 5) is 12.3. The van der Waals surface area contributed by atoms with Crippen LogP contribution in [-0.2, 0) is 6.61 Å². The lowest BCUT2D eigenvalue weighted by atomic mass is 10.1. The van der Waals surface area contributed by atoms with Crippen LogP contribution in [0.2, 0.25) is 0 Å². The molecule has 0 aromatic heterocycles. The predicted molar refractivity (Wildman–Crippen MR) is 103 cm³/mol. The molecule has 0 bridgehead atoms. The van der Waals surface area contributed by atoms with Crippen molar-refractivity contribution in [1.82, 2.24) is 5.32 Å². The summed E-state index contributed by atoms with van der Waals surface area (Å²) in [5.41, 5.74) is 7.27. The topological polar surface area (TPSA) is 64.3 Å². The first-order valence-electron chi connectivity index (χ1n) is 7.56. The highest BCUT2D eigenvalue weighted by Crippen LogP contribution is 2.20. The van der Waals surface area contributed by atoms with E-state index in [0.717, 1.165) is 16.5 Å². The fourth-order valence-corrected chi connectivity index (χ4v) is 2.29. The van der Waals surface area contributed by atoms with Gasteiger partial charge in [0.2, 0.25) is 0 Å².